The molecule has 0 spiro atoms. The monoisotopic (exact) mass is 317 g/mol. The Bertz CT molecular complexity index is 541. The standard InChI is InChI=1S/C12H16BrNO2S/c1-7-8(2)17(15,16)12-9(11(7)14-3)5-4-6-10(12)13/h4-8,11,14H,1-3H3. The van der Waals surface area contributed by atoms with Crippen LogP contribution in [0.5, 0.6) is 0 Å². The Hall–Kier alpha value is -0.390. The van der Waals surface area contributed by atoms with Crippen LogP contribution >= 0.6 is 15.9 Å². The first-order valence-electron chi connectivity index (χ1n) is 5.60. The average molecular weight is 318 g/mol. The van der Waals surface area contributed by atoms with Crippen molar-refractivity contribution in [3.63, 3.8) is 0 Å². The molecular weight excluding hydrogens is 302 g/mol. The van der Waals surface area contributed by atoms with Crippen LogP contribution in [0.4, 0.5) is 0 Å². The van der Waals surface area contributed by atoms with E-state index in [9.17, 15) is 8.42 Å². The minimum atomic E-state index is -3.23. The van der Waals surface area contributed by atoms with Crippen LogP contribution < -0.4 is 5.32 Å². The van der Waals surface area contributed by atoms with Gasteiger partial charge in [-0.05, 0) is 47.4 Å². The largest absolute Gasteiger partial charge is 0.313 e. The molecule has 17 heavy (non-hydrogen) atoms. The summed E-state index contributed by atoms with van der Waals surface area (Å²) in [6.45, 7) is 3.76. The van der Waals surface area contributed by atoms with Crippen molar-refractivity contribution in [2.75, 3.05) is 7.05 Å². The Kier molecular flexibility index (Phi) is 3.36. The highest BCUT2D eigenvalue weighted by molar-refractivity contribution is 9.10. The molecule has 0 aliphatic carbocycles. The molecule has 2 rings (SSSR count). The summed E-state index contributed by atoms with van der Waals surface area (Å²) >= 11 is 3.35. The average Bonchev–Trinajstić information content (AvgIpc) is 2.27. The van der Waals surface area contributed by atoms with Crippen LogP contribution in [-0.2, 0) is 9.84 Å². The molecule has 0 saturated heterocycles. The van der Waals surface area contributed by atoms with E-state index in [4.69, 9.17) is 0 Å². The van der Waals surface area contributed by atoms with Crippen molar-refractivity contribution >= 4 is 25.8 Å². The summed E-state index contributed by atoms with van der Waals surface area (Å²) in [6, 6.07) is 5.64. The van der Waals surface area contributed by atoms with Crippen LogP contribution in [0, 0.1) is 5.92 Å². The second-order valence-corrected chi connectivity index (χ2v) is 7.63. The van der Waals surface area contributed by atoms with E-state index in [1.807, 2.05) is 26.1 Å². The third-order valence-corrected chi connectivity index (χ3v) is 7.04. The first kappa shape index (κ1) is 13.1. The summed E-state index contributed by atoms with van der Waals surface area (Å²) in [5.41, 5.74) is 0.868. The molecule has 3 nitrogen and oxygen atoms in total. The van der Waals surface area contributed by atoms with Crippen molar-refractivity contribution in [3.05, 3.63) is 28.2 Å². The van der Waals surface area contributed by atoms with Gasteiger partial charge in [-0.25, -0.2) is 8.42 Å². The van der Waals surface area contributed by atoms with Crippen molar-refractivity contribution in [2.24, 2.45) is 5.92 Å². The predicted molar refractivity (Wildman–Crippen MR) is 71.8 cm³/mol. The molecule has 0 fully saturated rings. The van der Waals surface area contributed by atoms with Gasteiger partial charge in [0, 0.05) is 10.5 Å². The van der Waals surface area contributed by atoms with Gasteiger partial charge in [0.1, 0.15) is 0 Å². The fraction of sp³-hybridized carbons (Fsp3) is 0.500. The lowest BCUT2D eigenvalue weighted by Gasteiger charge is -2.35. The summed E-state index contributed by atoms with van der Waals surface area (Å²) in [6.07, 6.45) is 0. The summed E-state index contributed by atoms with van der Waals surface area (Å²) < 4.78 is 25.5. The van der Waals surface area contributed by atoms with Gasteiger partial charge in [-0.1, -0.05) is 19.1 Å². The normalized spacial score (nSPS) is 30.9. The highest BCUT2D eigenvalue weighted by Gasteiger charge is 2.42. The predicted octanol–water partition coefficient (Wildman–Crippen LogP) is 2.52. The number of rotatable bonds is 1. The molecule has 1 aliphatic rings. The van der Waals surface area contributed by atoms with Crippen LogP contribution in [-0.4, -0.2) is 20.7 Å². The maximum atomic E-state index is 12.4. The van der Waals surface area contributed by atoms with Crippen molar-refractivity contribution in [1.29, 1.82) is 0 Å². The maximum Gasteiger partial charge on any atom is 0.182 e. The molecule has 5 heteroatoms. The summed E-state index contributed by atoms with van der Waals surface area (Å²) in [5, 5.41) is 2.85. The van der Waals surface area contributed by atoms with Crippen LogP contribution in [0.25, 0.3) is 0 Å². The second-order valence-electron chi connectivity index (χ2n) is 4.53. The van der Waals surface area contributed by atoms with E-state index in [0.717, 1.165) is 5.56 Å². The second kappa shape index (κ2) is 4.37. The van der Waals surface area contributed by atoms with Gasteiger partial charge >= 0.3 is 0 Å². The maximum absolute atomic E-state index is 12.4. The molecule has 3 unspecified atom stereocenters. The van der Waals surface area contributed by atoms with Crippen molar-refractivity contribution < 1.29 is 8.42 Å². The first-order chi connectivity index (χ1) is 7.91. The number of benzene rings is 1. The molecule has 0 radical (unpaired) electrons. The van der Waals surface area contributed by atoms with Gasteiger partial charge in [0.05, 0.1) is 10.1 Å². The van der Waals surface area contributed by atoms with Gasteiger partial charge in [-0.3, -0.25) is 0 Å². The van der Waals surface area contributed by atoms with E-state index >= 15 is 0 Å². The molecule has 1 heterocycles. The third kappa shape index (κ3) is 1.84. The lowest BCUT2D eigenvalue weighted by molar-refractivity contribution is 0.378. The Morgan fingerprint density at radius 2 is 1.94 bits per heavy atom. The molecule has 0 saturated carbocycles. The Morgan fingerprint density at radius 3 is 2.53 bits per heavy atom. The van der Waals surface area contributed by atoms with Crippen LogP contribution in [0.2, 0.25) is 0 Å². The lowest BCUT2D eigenvalue weighted by atomic mass is 9.91. The number of halogens is 1. The Morgan fingerprint density at radius 1 is 1.29 bits per heavy atom. The van der Waals surface area contributed by atoms with E-state index in [2.05, 4.69) is 21.2 Å². The molecule has 3 atom stereocenters. The van der Waals surface area contributed by atoms with E-state index in [-0.39, 0.29) is 17.2 Å². The molecule has 1 aliphatic heterocycles. The Labute approximate surface area is 111 Å². The van der Waals surface area contributed by atoms with Crippen molar-refractivity contribution in [1.82, 2.24) is 5.32 Å². The molecule has 1 aromatic rings. The number of nitrogens with one attached hydrogen (secondary N) is 1. The van der Waals surface area contributed by atoms with Crippen LogP contribution in [0.1, 0.15) is 25.5 Å². The van der Waals surface area contributed by atoms with Gasteiger partial charge < -0.3 is 5.32 Å². The number of hydrogen-bond acceptors (Lipinski definition) is 3. The quantitative estimate of drug-likeness (QED) is 0.865. The van der Waals surface area contributed by atoms with Gasteiger partial charge in [0.15, 0.2) is 9.84 Å². The molecule has 0 bridgehead atoms. The SMILES string of the molecule is CNC1c2cccc(Br)c2S(=O)(=O)C(C)C1C. The molecule has 1 N–H and O–H groups in total. The van der Waals surface area contributed by atoms with Gasteiger partial charge in [-0.2, -0.15) is 0 Å². The molecule has 1 aromatic carbocycles. The van der Waals surface area contributed by atoms with Crippen LogP contribution in [0.15, 0.2) is 27.6 Å². The van der Waals surface area contributed by atoms with Crippen LogP contribution in [0.3, 0.4) is 0 Å². The minimum Gasteiger partial charge on any atom is -0.313 e. The molecule has 94 valence electrons. The fourth-order valence-electron chi connectivity index (χ4n) is 2.51. The fourth-order valence-corrected chi connectivity index (χ4v) is 5.53. The van der Waals surface area contributed by atoms with Gasteiger partial charge in [0.2, 0.25) is 0 Å². The number of fused-ring (bicyclic) bond motifs is 1. The summed E-state index contributed by atoms with van der Waals surface area (Å²) in [7, 11) is -1.36. The zero-order chi connectivity index (χ0) is 12.8. The smallest absolute Gasteiger partial charge is 0.182 e. The van der Waals surface area contributed by atoms with E-state index in [1.165, 1.54) is 0 Å². The van der Waals surface area contributed by atoms with Crippen molar-refractivity contribution in [2.45, 2.75) is 30.0 Å². The summed E-state index contributed by atoms with van der Waals surface area (Å²) in [5.74, 6) is 0.0619. The first-order valence-corrected chi connectivity index (χ1v) is 7.94. The van der Waals surface area contributed by atoms with Crippen molar-refractivity contribution in [3.8, 4) is 0 Å². The zero-order valence-electron chi connectivity index (χ0n) is 10.1. The number of hydrogen-bond donors (Lipinski definition) is 1. The van der Waals surface area contributed by atoms with E-state index < -0.39 is 9.84 Å². The Balaban J connectivity index is 2.77. The molecular formula is C12H16BrNO2S. The highest BCUT2D eigenvalue weighted by atomic mass is 79.9. The van der Waals surface area contributed by atoms with Gasteiger partial charge in [0.25, 0.3) is 0 Å². The topological polar surface area (TPSA) is 46.2 Å². The third-order valence-electron chi connectivity index (χ3n) is 3.68. The van der Waals surface area contributed by atoms with Gasteiger partial charge in [-0.15, -0.1) is 0 Å². The minimum absolute atomic E-state index is 0.0619. The van der Waals surface area contributed by atoms with E-state index in [0.29, 0.717) is 9.37 Å². The number of sulfone groups is 1. The zero-order valence-corrected chi connectivity index (χ0v) is 12.5. The lowest BCUT2D eigenvalue weighted by Crippen LogP contribution is -2.40. The highest BCUT2D eigenvalue weighted by Crippen LogP contribution is 2.42. The summed E-state index contributed by atoms with van der Waals surface area (Å²) in [4.78, 5) is 0.449. The van der Waals surface area contributed by atoms with E-state index in [1.54, 1.807) is 13.0 Å². The molecule has 0 aromatic heterocycles. The molecule has 0 amide bonds.